The van der Waals surface area contributed by atoms with Crippen molar-refractivity contribution in [2.75, 3.05) is 6.61 Å². The zero-order valence-corrected chi connectivity index (χ0v) is 9.88. The van der Waals surface area contributed by atoms with Gasteiger partial charge in [-0.2, -0.15) is 5.10 Å². The lowest BCUT2D eigenvalue weighted by atomic mass is 10.2. The van der Waals surface area contributed by atoms with E-state index in [0.717, 1.165) is 11.4 Å². The molecular weight excluding hydrogens is 226 g/mol. The summed E-state index contributed by atoms with van der Waals surface area (Å²) in [5.74, 6) is 2.10. The molecule has 0 bridgehead atoms. The second kappa shape index (κ2) is 4.53. The number of rotatable bonds is 3. The lowest BCUT2D eigenvalue weighted by Crippen LogP contribution is -1.92. The van der Waals surface area contributed by atoms with Crippen molar-refractivity contribution in [3.05, 3.63) is 29.0 Å². The predicted octanol–water partition coefficient (Wildman–Crippen LogP) is 2.83. The maximum atomic E-state index is 6.07. The van der Waals surface area contributed by atoms with Crippen LogP contribution in [0.3, 0.4) is 0 Å². The van der Waals surface area contributed by atoms with E-state index in [0.29, 0.717) is 23.2 Å². The zero-order chi connectivity index (χ0) is 11.5. The fraction of sp³-hybridized carbons (Fsp3) is 0.273. The molecule has 2 aromatic rings. The van der Waals surface area contributed by atoms with E-state index in [1.165, 1.54) is 0 Å². The summed E-state index contributed by atoms with van der Waals surface area (Å²) >= 11 is 6.07. The molecular formula is C11H12ClN3O. The first-order valence-electron chi connectivity index (χ1n) is 5.02. The molecule has 0 saturated heterocycles. The van der Waals surface area contributed by atoms with Crippen LogP contribution in [-0.4, -0.2) is 21.8 Å². The van der Waals surface area contributed by atoms with Crippen molar-refractivity contribution in [3.63, 3.8) is 0 Å². The van der Waals surface area contributed by atoms with Crippen molar-refractivity contribution in [1.82, 2.24) is 15.2 Å². The molecule has 0 fully saturated rings. The molecule has 5 heteroatoms. The summed E-state index contributed by atoms with van der Waals surface area (Å²) < 4.78 is 5.35. The monoisotopic (exact) mass is 237 g/mol. The quantitative estimate of drug-likeness (QED) is 0.893. The Kier molecular flexibility index (Phi) is 3.10. The van der Waals surface area contributed by atoms with Crippen LogP contribution in [0.1, 0.15) is 12.7 Å². The molecule has 2 rings (SSSR count). The molecule has 1 aromatic heterocycles. The first-order chi connectivity index (χ1) is 7.70. The van der Waals surface area contributed by atoms with Crippen molar-refractivity contribution in [2.24, 2.45) is 0 Å². The standard InChI is InChI=1S/C11H12ClN3O/c1-3-16-10-5-4-8(6-9(10)12)11-13-7(2)14-15-11/h4-6H,3H2,1-2H3,(H,13,14,15). The Morgan fingerprint density at radius 2 is 2.25 bits per heavy atom. The minimum absolute atomic E-state index is 0.571. The van der Waals surface area contributed by atoms with Gasteiger partial charge in [-0.3, -0.25) is 5.10 Å². The second-order valence-electron chi connectivity index (χ2n) is 3.32. The normalized spacial score (nSPS) is 10.4. The molecule has 84 valence electrons. The number of benzene rings is 1. The number of aromatic nitrogens is 3. The van der Waals surface area contributed by atoms with Gasteiger partial charge < -0.3 is 4.74 Å². The molecule has 0 aliphatic rings. The van der Waals surface area contributed by atoms with Gasteiger partial charge in [-0.25, -0.2) is 4.98 Å². The van der Waals surface area contributed by atoms with Crippen LogP contribution in [0.5, 0.6) is 5.75 Å². The van der Waals surface area contributed by atoms with Crippen molar-refractivity contribution >= 4 is 11.6 Å². The number of aryl methyl sites for hydroxylation is 1. The van der Waals surface area contributed by atoms with Gasteiger partial charge in [0.25, 0.3) is 0 Å². The van der Waals surface area contributed by atoms with Crippen molar-refractivity contribution in [1.29, 1.82) is 0 Å². The molecule has 0 spiro atoms. The number of halogens is 1. The first kappa shape index (κ1) is 11.0. The molecule has 0 aliphatic carbocycles. The number of nitrogens with one attached hydrogen (secondary N) is 1. The SMILES string of the molecule is CCOc1ccc(-c2n[nH]c(C)n2)cc1Cl. The maximum Gasteiger partial charge on any atom is 0.181 e. The van der Waals surface area contributed by atoms with Gasteiger partial charge in [0.15, 0.2) is 5.82 Å². The molecule has 4 nitrogen and oxygen atoms in total. The summed E-state index contributed by atoms with van der Waals surface area (Å²) in [7, 11) is 0. The van der Waals surface area contributed by atoms with Crippen LogP contribution in [0.2, 0.25) is 5.02 Å². The second-order valence-corrected chi connectivity index (χ2v) is 3.73. The molecule has 0 aliphatic heterocycles. The summed E-state index contributed by atoms with van der Waals surface area (Å²) in [5, 5.41) is 7.43. The average molecular weight is 238 g/mol. The van der Waals surface area contributed by atoms with Crippen LogP contribution in [-0.2, 0) is 0 Å². The summed E-state index contributed by atoms with van der Waals surface area (Å²) in [6, 6.07) is 5.52. The van der Waals surface area contributed by atoms with E-state index in [4.69, 9.17) is 16.3 Å². The highest BCUT2D eigenvalue weighted by atomic mass is 35.5. The topological polar surface area (TPSA) is 50.8 Å². The molecule has 0 atom stereocenters. The number of H-pyrrole nitrogens is 1. The third kappa shape index (κ3) is 2.17. The highest BCUT2D eigenvalue weighted by molar-refractivity contribution is 6.32. The third-order valence-electron chi connectivity index (χ3n) is 2.09. The number of hydrogen-bond acceptors (Lipinski definition) is 3. The van der Waals surface area contributed by atoms with Crippen molar-refractivity contribution in [3.8, 4) is 17.1 Å². The van der Waals surface area contributed by atoms with E-state index in [1.807, 2.05) is 26.0 Å². The molecule has 1 aromatic carbocycles. The summed E-state index contributed by atoms with van der Waals surface area (Å²) in [6.45, 7) is 4.37. The van der Waals surface area contributed by atoms with Crippen LogP contribution in [0.25, 0.3) is 11.4 Å². The number of nitrogens with zero attached hydrogens (tertiary/aromatic N) is 2. The number of hydrogen-bond donors (Lipinski definition) is 1. The molecule has 0 saturated carbocycles. The Bertz CT molecular complexity index is 496. The fourth-order valence-corrected chi connectivity index (χ4v) is 1.62. The highest BCUT2D eigenvalue weighted by Crippen LogP contribution is 2.28. The lowest BCUT2D eigenvalue weighted by Gasteiger charge is -2.05. The number of ether oxygens (including phenoxy) is 1. The first-order valence-corrected chi connectivity index (χ1v) is 5.40. The fourth-order valence-electron chi connectivity index (χ4n) is 1.38. The molecule has 0 radical (unpaired) electrons. The van der Waals surface area contributed by atoms with Crippen LogP contribution in [0, 0.1) is 6.92 Å². The minimum Gasteiger partial charge on any atom is -0.492 e. The summed E-state index contributed by atoms with van der Waals surface area (Å²) in [4.78, 5) is 4.23. The van der Waals surface area contributed by atoms with Crippen LogP contribution >= 0.6 is 11.6 Å². The van der Waals surface area contributed by atoms with Gasteiger partial charge in [0.2, 0.25) is 0 Å². The Balaban J connectivity index is 2.34. The number of aromatic amines is 1. The van der Waals surface area contributed by atoms with Crippen LogP contribution in [0.4, 0.5) is 0 Å². The molecule has 1 N–H and O–H groups in total. The largest absolute Gasteiger partial charge is 0.492 e. The van der Waals surface area contributed by atoms with E-state index in [9.17, 15) is 0 Å². The average Bonchev–Trinajstić information content (AvgIpc) is 2.68. The smallest absolute Gasteiger partial charge is 0.181 e. The summed E-state index contributed by atoms with van der Waals surface area (Å²) in [5.41, 5.74) is 0.873. The lowest BCUT2D eigenvalue weighted by molar-refractivity contribution is 0.340. The Morgan fingerprint density at radius 3 is 2.81 bits per heavy atom. The van der Waals surface area contributed by atoms with Crippen LogP contribution in [0.15, 0.2) is 18.2 Å². The van der Waals surface area contributed by atoms with Gasteiger partial charge >= 0.3 is 0 Å². The minimum atomic E-state index is 0.571. The van der Waals surface area contributed by atoms with E-state index >= 15 is 0 Å². The van der Waals surface area contributed by atoms with Crippen LogP contribution < -0.4 is 4.74 Å². The molecule has 16 heavy (non-hydrogen) atoms. The van der Waals surface area contributed by atoms with E-state index in [-0.39, 0.29) is 0 Å². The maximum absolute atomic E-state index is 6.07. The van der Waals surface area contributed by atoms with Gasteiger partial charge in [-0.15, -0.1) is 0 Å². The van der Waals surface area contributed by atoms with Gasteiger partial charge in [0.05, 0.1) is 11.6 Å². The zero-order valence-electron chi connectivity index (χ0n) is 9.12. The molecule has 1 heterocycles. The van der Waals surface area contributed by atoms with E-state index in [1.54, 1.807) is 6.07 Å². The van der Waals surface area contributed by atoms with E-state index in [2.05, 4.69) is 15.2 Å². The Labute approximate surface area is 98.6 Å². The van der Waals surface area contributed by atoms with Gasteiger partial charge in [0, 0.05) is 5.56 Å². The van der Waals surface area contributed by atoms with E-state index < -0.39 is 0 Å². The van der Waals surface area contributed by atoms with Gasteiger partial charge in [-0.05, 0) is 32.0 Å². The van der Waals surface area contributed by atoms with Gasteiger partial charge in [-0.1, -0.05) is 11.6 Å². The Morgan fingerprint density at radius 1 is 1.44 bits per heavy atom. The highest BCUT2D eigenvalue weighted by Gasteiger charge is 2.07. The summed E-state index contributed by atoms with van der Waals surface area (Å²) in [6.07, 6.45) is 0. The predicted molar refractivity (Wildman–Crippen MR) is 62.7 cm³/mol. The molecule has 0 amide bonds. The van der Waals surface area contributed by atoms with Crippen molar-refractivity contribution in [2.45, 2.75) is 13.8 Å². The third-order valence-corrected chi connectivity index (χ3v) is 2.38. The van der Waals surface area contributed by atoms with Gasteiger partial charge in [0.1, 0.15) is 11.6 Å². The van der Waals surface area contributed by atoms with Crippen molar-refractivity contribution < 1.29 is 4.74 Å². The molecule has 0 unspecified atom stereocenters. The Hall–Kier alpha value is -1.55.